The molecule has 3 rings (SSSR count). The van der Waals surface area contributed by atoms with E-state index in [1.165, 1.54) is 5.56 Å². The molecule has 0 unspecified atom stereocenters. The Morgan fingerprint density at radius 1 is 1.04 bits per heavy atom. The molecule has 1 aliphatic rings. The molecule has 1 aliphatic heterocycles. The highest BCUT2D eigenvalue weighted by Crippen LogP contribution is 2.17. The zero-order chi connectivity index (χ0) is 19.2. The van der Waals surface area contributed by atoms with Gasteiger partial charge in [0, 0.05) is 43.4 Å². The number of hydrogen-bond acceptors (Lipinski definition) is 3. The summed E-state index contributed by atoms with van der Waals surface area (Å²) in [6.07, 6.45) is 0.664. The Hall–Kier alpha value is -2.53. The lowest BCUT2D eigenvalue weighted by molar-refractivity contribution is -0.146. The van der Waals surface area contributed by atoms with Crippen molar-refractivity contribution in [2.24, 2.45) is 0 Å². The number of hydrogen-bond donors (Lipinski definition) is 1. The summed E-state index contributed by atoms with van der Waals surface area (Å²) < 4.78 is 0. The highest BCUT2D eigenvalue weighted by Gasteiger charge is 2.25. The van der Waals surface area contributed by atoms with Crippen LogP contribution in [0.1, 0.15) is 11.1 Å². The zero-order valence-corrected chi connectivity index (χ0v) is 16.2. The van der Waals surface area contributed by atoms with E-state index in [1.54, 1.807) is 4.90 Å². The Kier molecular flexibility index (Phi) is 6.35. The van der Waals surface area contributed by atoms with Gasteiger partial charge in [-0.25, -0.2) is 0 Å². The SMILES string of the molecule is Cc1cccc(N2CCN(C(=O)C(=O)NCCc3ccc(Cl)cc3)CC2)c1. The van der Waals surface area contributed by atoms with Gasteiger partial charge >= 0.3 is 11.8 Å². The van der Waals surface area contributed by atoms with Crippen molar-refractivity contribution >= 4 is 29.1 Å². The molecule has 0 saturated carbocycles. The summed E-state index contributed by atoms with van der Waals surface area (Å²) in [6.45, 7) is 5.06. The summed E-state index contributed by atoms with van der Waals surface area (Å²) >= 11 is 5.86. The minimum Gasteiger partial charge on any atom is -0.368 e. The topological polar surface area (TPSA) is 52.7 Å². The Labute approximate surface area is 164 Å². The van der Waals surface area contributed by atoms with Crippen molar-refractivity contribution in [3.05, 3.63) is 64.7 Å². The fourth-order valence-corrected chi connectivity index (χ4v) is 3.31. The van der Waals surface area contributed by atoms with E-state index in [2.05, 4.69) is 35.3 Å². The van der Waals surface area contributed by atoms with Gasteiger partial charge in [-0.2, -0.15) is 0 Å². The first-order chi connectivity index (χ1) is 13.0. The molecule has 142 valence electrons. The van der Waals surface area contributed by atoms with Crippen LogP contribution >= 0.6 is 11.6 Å². The van der Waals surface area contributed by atoms with E-state index in [0.717, 1.165) is 24.3 Å². The molecule has 5 nitrogen and oxygen atoms in total. The summed E-state index contributed by atoms with van der Waals surface area (Å²) in [4.78, 5) is 28.4. The number of carbonyl (C=O) groups is 2. The van der Waals surface area contributed by atoms with Crippen molar-refractivity contribution in [1.82, 2.24) is 10.2 Å². The molecule has 0 atom stereocenters. The lowest BCUT2D eigenvalue weighted by Crippen LogP contribution is -2.52. The van der Waals surface area contributed by atoms with E-state index >= 15 is 0 Å². The van der Waals surface area contributed by atoms with Crippen LogP contribution in [0.15, 0.2) is 48.5 Å². The molecule has 0 bridgehead atoms. The van der Waals surface area contributed by atoms with E-state index in [-0.39, 0.29) is 0 Å². The summed E-state index contributed by atoms with van der Waals surface area (Å²) in [7, 11) is 0. The maximum absolute atomic E-state index is 12.4. The molecular weight excluding hydrogens is 362 g/mol. The molecule has 2 amide bonds. The number of nitrogens with zero attached hydrogens (tertiary/aromatic N) is 2. The molecule has 2 aromatic carbocycles. The van der Waals surface area contributed by atoms with Crippen LogP contribution < -0.4 is 10.2 Å². The molecule has 1 N–H and O–H groups in total. The van der Waals surface area contributed by atoms with Gasteiger partial charge in [-0.3, -0.25) is 9.59 Å². The zero-order valence-electron chi connectivity index (χ0n) is 15.5. The Balaban J connectivity index is 1.44. The summed E-state index contributed by atoms with van der Waals surface area (Å²) in [5, 5.41) is 3.40. The number of benzene rings is 2. The van der Waals surface area contributed by atoms with Crippen LogP contribution in [0.2, 0.25) is 5.02 Å². The van der Waals surface area contributed by atoms with Gasteiger partial charge in [0.15, 0.2) is 0 Å². The van der Waals surface area contributed by atoms with Crippen LogP contribution in [0.3, 0.4) is 0 Å². The standard InChI is InChI=1S/C21H24ClN3O2/c1-16-3-2-4-19(15-16)24-11-13-25(14-12-24)21(27)20(26)23-10-9-17-5-7-18(22)8-6-17/h2-8,15H,9-14H2,1H3,(H,23,26). The number of anilines is 1. The van der Waals surface area contributed by atoms with E-state index in [4.69, 9.17) is 11.6 Å². The van der Waals surface area contributed by atoms with Crippen molar-refractivity contribution in [3.63, 3.8) is 0 Å². The van der Waals surface area contributed by atoms with Crippen molar-refractivity contribution < 1.29 is 9.59 Å². The van der Waals surface area contributed by atoms with E-state index in [1.807, 2.05) is 30.3 Å². The molecule has 1 heterocycles. The summed E-state index contributed by atoms with van der Waals surface area (Å²) in [5.41, 5.74) is 3.44. The van der Waals surface area contributed by atoms with Crippen LogP contribution in [0.4, 0.5) is 5.69 Å². The number of rotatable bonds is 4. The van der Waals surface area contributed by atoms with Gasteiger partial charge < -0.3 is 15.1 Å². The highest BCUT2D eigenvalue weighted by molar-refractivity contribution is 6.35. The minimum atomic E-state index is -0.534. The monoisotopic (exact) mass is 385 g/mol. The second-order valence-electron chi connectivity index (χ2n) is 6.75. The van der Waals surface area contributed by atoms with Gasteiger partial charge in [0.25, 0.3) is 0 Å². The molecule has 1 fully saturated rings. The normalized spacial score (nSPS) is 14.1. The maximum Gasteiger partial charge on any atom is 0.312 e. The van der Waals surface area contributed by atoms with Gasteiger partial charge in [-0.1, -0.05) is 35.9 Å². The van der Waals surface area contributed by atoms with Gasteiger partial charge in [-0.15, -0.1) is 0 Å². The van der Waals surface area contributed by atoms with Crippen LogP contribution in [0, 0.1) is 6.92 Å². The minimum absolute atomic E-state index is 0.426. The largest absolute Gasteiger partial charge is 0.368 e. The van der Waals surface area contributed by atoms with Crippen LogP contribution in [-0.2, 0) is 16.0 Å². The number of piperazine rings is 1. The van der Waals surface area contributed by atoms with Gasteiger partial charge in [0.1, 0.15) is 0 Å². The van der Waals surface area contributed by atoms with Crippen LogP contribution in [0.5, 0.6) is 0 Å². The summed E-state index contributed by atoms with van der Waals surface area (Å²) in [5.74, 6) is -0.983. The third-order valence-electron chi connectivity index (χ3n) is 4.74. The molecule has 2 aromatic rings. The van der Waals surface area contributed by atoms with E-state index < -0.39 is 11.8 Å². The Morgan fingerprint density at radius 3 is 2.41 bits per heavy atom. The third kappa shape index (κ3) is 5.23. The number of carbonyl (C=O) groups excluding carboxylic acids is 2. The molecule has 0 spiro atoms. The number of amides is 2. The Morgan fingerprint density at radius 2 is 1.74 bits per heavy atom. The van der Waals surface area contributed by atoms with Gasteiger partial charge in [0.05, 0.1) is 0 Å². The first-order valence-electron chi connectivity index (χ1n) is 9.16. The maximum atomic E-state index is 12.4. The third-order valence-corrected chi connectivity index (χ3v) is 4.99. The summed E-state index contributed by atoms with van der Waals surface area (Å²) in [6, 6.07) is 15.8. The molecule has 6 heteroatoms. The van der Waals surface area contributed by atoms with Crippen LogP contribution in [-0.4, -0.2) is 49.4 Å². The van der Waals surface area contributed by atoms with Crippen LogP contribution in [0.25, 0.3) is 0 Å². The molecule has 27 heavy (non-hydrogen) atoms. The second-order valence-corrected chi connectivity index (χ2v) is 7.19. The van der Waals surface area contributed by atoms with Gasteiger partial charge in [0.2, 0.25) is 0 Å². The number of aryl methyl sites for hydroxylation is 1. The lowest BCUT2D eigenvalue weighted by atomic mass is 10.1. The molecule has 1 saturated heterocycles. The number of halogens is 1. The molecular formula is C21H24ClN3O2. The van der Waals surface area contributed by atoms with Crippen molar-refractivity contribution in [1.29, 1.82) is 0 Å². The van der Waals surface area contributed by atoms with E-state index in [9.17, 15) is 9.59 Å². The smallest absolute Gasteiger partial charge is 0.312 e. The second kappa shape index (κ2) is 8.91. The van der Waals surface area contributed by atoms with E-state index in [0.29, 0.717) is 31.1 Å². The molecule has 0 radical (unpaired) electrons. The quantitative estimate of drug-likeness (QED) is 0.823. The first kappa shape index (κ1) is 19.2. The fraction of sp³-hybridized carbons (Fsp3) is 0.333. The average Bonchev–Trinajstić information content (AvgIpc) is 2.69. The number of nitrogens with one attached hydrogen (secondary N) is 1. The highest BCUT2D eigenvalue weighted by atomic mass is 35.5. The average molecular weight is 386 g/mol. The molecule has 0 aliphatic carbocycles. The van der Waals surface area contributed by atoms with Crippen molar-refractivity contribution in [3.8, 4) is 0 Å². The fourth-order valence-electron chi connectivity index (χ4n) is 3.18. The van der Waals surface area contributed by atoms with Crippen molar-refractivity contribution in [2.45, 2.75) is 13.3 Å². The predicted octanol–water partition coefficient (Wildman–Crippen LogP) is 2.66. The van der Waals surface area contributed by atoms with Gasteiger partial charge in [-0.05, 0) is 48.7 Å². The predicted molar refractivity (Wildman–Crippen MR) is 108 cm³/mol. The lowest BCUT2D eigenvalue weighted by Gasteiger charge is -2.35. The van der Waals surface area contributed by atoms with Crippen molar-refractivity contribution in [2.75, 3.05) is 37.6 Å². The molecule has 0 aromatic heterocycles. The first-order valence-corrected chi connectivity index (χ1v) is 9.54. The Bertz CT molecular complexity index is 799.